The van der Waals surface area contributed by atoms with E-state index in [-0.39, 0.29) is 39.8 Å². The SMILES string of the molecule is COC(=O)[C@H]1[C@H](c2ccc(Cl)c(Cl)c2)C2=C(CC(C)(C)CC2=O)O[C@]1(O)C(F)(F)F. The van der Waals surface area contributed by atoms with Crippen LogP contribution in [0.4, 0.5) is 13.2 Å². The first-order valence-corrected chi connectivity index (χ1v) is 9.74. The first kappa shape index (κ1) is 22.9. The molecule has 3 rings (SSSR count). The molecule has 1 aromatic carbocycles. The van der Waals surface area contributed by atoms with Crippen molar-refractivity contribution in [2.24, 2.45) is 11.3 Å². The maximum absolute atomic E-state index is 14.0. The third-order valence-corrected chi connectivity index (χ3v) is 6.13. The molecule has 164 valence electrons. The topological polar surface area (TPSA) is 72.8 Å². The third-order valence-electron chi connectivity index (χ3n) is 5.39. The molecule has 1 aromatic rings. The number of Topliss-reactive ketones (excluding diaryl/α,β-unsaturated/α-hetero) is 1. The predicted octanol–water partition coefficient (Wildman–Crippen LogP) is 4.79. The molecule has 2 aliphatic rings. The van der Waals surface area contributed by atoms with Gasteiger partial charge in [-0.25, -0.2) is 0 Å². The maximum atomic E-state index is 14.0. The Kier molecular flexibility index (Phi) is 5.67. The van der Waals surface area contributed by atoms with Crippen molar-refractivity contribution in [3.63, 3.8) is 0 Å². The van der Waals surface area contributed by atoms with Crippen LogP contribution in [0, 0.1) is 11.3 Å². The molecule has 0 unspecified atom stereocenters. The van der Waals surface area contributed by atoms with Gasteiger partial charge in [-0.2, -0.15) is 13.2 Å². The number of hydrogen-bond donors (Lipinski definition) is 1. The molecule has 0 saturated heterocycles. The van der Waals surface area contributed by atoms with E-state index in [0.29, 0.717) is 0 Å². The summed E-state index contributed by atoms with van der Waals surface area (Å²) in [4.78, 5) is 25.5. The molecule has 30 heavy (non-hydrogen) atoms. The van der Waals surface area contributed by atoms with Gasteiger partial charge in [0, 0.05) is 24.3 Å². The van der Waals surface area contributed by atoms with Gasteiger partial charge in [0.1, 0.15) is 11.7 Å². The van der Waals surface area contributed by atoms with Crippen LogP contribution in [0.5, 0.6) is 0 Å². The molecule has 10 heteroatoms. The minimum Gasteiger partial charge on any atom is -0.469 e. The van der Waals surface area contributed by atoms with Crippen molar-refractivity contribution in [3.8, 4) is 0 Å². The van der Waals surface area contributed by atoms with Gasteiger partial charge in [0.05, 0.1) is 17.2 Å². The number of methoxy groups -OCH3 is 1. The summed E-state index contributed by atoms with van der Waals surface area (Å²) < 4.78 is 51.6. The van der Waals surface area contributed by atoms with Crippen LogP contribution < -0.4 is 0 Å². The summed E-state index contributed by atoms with van der Waals surface area (Å²) in [6.07, 6.45) is -5.35. The molecule has 3 atom stereocenters. The Balaban J connectivity index is 2.34. The number of aliphatic hydroxyl groups is 1. The Morgan fingerprint density at radius 2 is 1.87 bits per heavy atom. The predicted molar refractivity (Wildman–Crippen MR) is 102 cm³/mol. The minimum absolute atomic E-state index is 0.0190. The van der Waals surface area contributed by atoms with E-state index in [1.807, 2.05) is 0 Å². The van der Waals surface area contributed by atoms with Gasteiger partial charge >= 0.3 is 17.9 Å². The van der Waals surface area contributed by atoms with Gasteiger partial charge in [-0.15, -0.1) is 0 Å². The van der Waals surface area contributed by atoms with Gasteiger partial charge < -0.3 is 14.6 Å². The number of esters is 1. The summed E-state index contributed by atoms with van der Waals surface area (Å²) >= 11 is 12.0. The number of carbonyl (C=O) groups excluding carboxylic acids is 2. The molecule has 0 amide bonds. The van der Waals surface area contributed by atoms with E-state index in [1.165, 1.54) is 18.2 Å². The zero-order chi connectivity index (χ0) is 22.6. The zero-order valence-corrected chi connectivity index (χ0v) is 17.8. The molecular formula is C20H19Cl2F3O5. The van der Waals surface area contributed by atoms with Crippen molar-refractivity contribution < 1.29 is 37.3 Å². The van der Waals surface area contributed by atoms with Crippen LogP contribution in [-0.4, -0.2) is 35.9 Å². The number of alkyl halides is 3. The van der Waals surface area contributed by atoms with E-state index in [9.17, 15) is 27.9 Å². The Labute approximate surface area is 180 Å². The molecule has 1 N–H and O–H groups in total. The fourth-order valence-corrected chi connectivity index (χ4v) is 4.39. The van der Waals surface area contributed by atoms with Crippen molar-refractivity contribution >= 4 is 35.0 Å². The third kappa shape index (κ3) is 3.69. The fraction of sp³-hybridized carbons (Fsp3) is 0.500. The molecule has 5 nitrogen and oxygen atoms in total. The van der Waals surface area contributed by atoms with E-state index in [2.05, 4.69) is 4.74 Å². The molecule has 0 bridgehead atoms. The summed E-state index contributed by atoms with van der Waals surface area (Å²) in [5.74, 6) is -9.84. The van der Waals surface area contributed by atoms with Crippen LogP contribution in [0.2, 0.25) is 10.0 Å². The smallest absolute Gasteiger partial charge is 0.456 e. The van der Waals surface area contributed by atoms with Crippen LogP contribution >= 0.6 is 23.2 Å². The minimum atomic E-state index is -5.36. The highest BCUT2D eigenvalue weighted by Gasteiger charge is 2.70. The van der Waals surface area contributed by atoms with E-state index in [1.54, 1.807) is 13.8 Å². The monoisotopic (exact) mass is 466 g/mol. The van der Waals surface area contributed by atoms with Gasteiger partial charge in [-0.05, 0) is 23.1 Å². The molecule has 0 spiro atoms. The van der Waals surface area contributed by atoms with Crippen LogP contribution in [0.15, 0.2) is 29.5 Å². The van der Waals surface area contributed by atoms with E-state index < -0.39 is 41.0 Å². The number of ketones is 1. The molecule has 0 saturated carbocycles. The van der Waals surface area contributed by atoms with Gasteiger partial charge in [-0.1, -0.05) is 43.1 Å². The second-order valence-corrected chi connectivity index (χ2v) is 9.04. The molecule has 1 aliphatic carbocycles. The van der Waals surface area contributed by atoms with Crippen molar-refractivity contribution in [3.05, 3.63) is 45.1 Å². The average Bonchev–Trinajstić information content (AvgIpc) is 2.60. The lowest BCUT2D eigenvalue weighted by Gasteiger charge is -2.47. The molecule has 1 aliphatic heterocycles. The van der Waals surface area contributed by atoms with E-state index >= 15 is 0 Å². The zero-order valence-electron chi connectivity index (χ0n) is 16.3. The Morgan fingerprint density at radius 3 is 2.40 bits per heavy atom. The van der Waals surface area contributed by atoms with Crippen LogP contribution in [0.25, 0.3) is 0 Å². The van der Waals surface area contributed by atoms with Crippen LogP contribution in [0.3, 0.4) is 0 Å². The molecule has 0 aromatic heterocycles. The number of hydrogen-bond acceptors (Lipinski definition) is 5. The maximum Gasteiger partial charge on any atom is 0.456 e. The first-order valence-electron chi connectivity index (χ1n) is 8.99. The van der Waals surface area contributed by atoms with Gasteiger partial charge in [0.25, 0.3) is 0 Å². The Morgan fingerprint density at radius 1 is 1.23 bits per heavy atom. The number of benzene rings is 1. The van der Waals surface area contributed by atoms with Gasteiger partial charge in [0.15, 0.2) is 5.78 Å². The molecule has 1 heterocycles. The highest BCUT2D eigenvalue weighted by Crippen LogP contribution is 2.56. The number of rotatable bonds is 2. The molecule has 0 fully saturated rings. The summed E-state index contributed by atoms with van der Waals surface area (Å²) in [6.45, 7) is 3.40. The highest BCUT2D eigenvalue weighted by molar-refractivity contribution is 6.42. The number of allylic oxidation sites excluding steroid dienone is 2. The normalized spacial score (nSPS) is 28.6. The molecule has 0 radical (unpaired) electrons. The summed E-state index contributed by atoms with van der Waals surface area (Å²) in [6, 6.07) is 3.96. The second kappa shape index (κ2) is 7.43. The van der Waals surface area contributed by atoms with Crippen molar-refractivity contribution in [2.45, 2.75) is 44.6 Å². The largest absolute Gasteiger partial charge is 0.469 e. The first-order chi connectivity index (χ1) is 13.7. The fourth-order valence-electron chi connectivity index (χ4n) is 4.08. The quantitative estimate of drug-likeness (QED) is 0.634. The average molecular weight is 467 g/mol. The lowest BCUT2D eigenvalue weighted by atomic mass is 9.66. The Hall–Kier alpha value is -1.77. The van der Waals surface area contributed by atoms with Crippen molar-refractivity contribution in [1.29, 1.82) is 0 Å². The van der Waals surface area contributed by atoms with E-state index in [0.717, 1.165) is 7.11 Å². The summed E-state index contributed by atoms with van der Waals surface area (Å²) in [7, 11) is 0.890. The number of halogens is 5. The van der Waals surface area contributed by atoms with Crippen LogP contribution in [-0.2, 0) is 19.1 Å². The van der Waals surface area contributed by atoms with Gasteiger partial charge in [0.2, 0.25) is 0 Å². The molecular weight excluding hydrogens is 448 g/mol. The summed E-state index contributed by atoms with van der Waals surface area (Å²) in [5.41, 5.74) is -0.689. The summed E-state index contributed by atoms with van der Waals surface area (Å²) in [5, 5.41) is 10.8. The highest BCUT2D eigenvalue weighted by atomic mass is 35.5. The Bertz CT molecular complexity index is 941. The van der Waals surface area contributed by atoms with Gasteiger partial charge in [-0.3, -0.25) is 9.59 Å². The van der Waals surface area contributed by atoms with Crippen molar-refractivity contribution in [1.82, 2.24) is 0 Å². The van der Waals surface area contributed by atoms with E-state index in [4.69, 9.17) is 27.9 Å². The van der Waals surface area contributed by atoms with Crippen molar-refractivity contribution in [2.75, 3.05) is 7.11 Å². The number of ether oxygens (including phenoxy) is 2. The lowest BCUT2D eigenvalue weighted by Crippen LogP contribution is -2.61. The second-order valence-electron chi connectivity index (χ2n) is 8.23. The number of carbonyl (C=O) groups is 2. The van der Waals surface area contributed by atoms with Crippen LogP contribution in [0.1, 0.15) is 38.2 Å². The standard InChI is InChI=1S/C20H19Cl2F3O5/c1-18(2)7-12(26)15-13(8-18)30-19(28,20(23,24)25)16(17(27)29-3)14(15)9-4-5-10(21)11(22)6-9/h4-6,14,16,28H,7-8H2,1-3H3/t14-,16-,19+/m1/s1. The lowest BCUT2D eigenvalue weighted by molar-refractivity contribution is -0.378.